The number of rotatable bonds is 7. The van der Waals surface area contributed by atoms with Gasteiger partial charge in [0.05, 0.1) is 32.9 Å². The molecule has 8 heteroatoms. The van der Waals surface area contributed by atoms with Crippen molar-refractivity contribution in [1.82, 2.24) is 4.72 Å². The maximum absolute atomic E-state index is 11.3. The van der Waals surface area contributed by atoms with Gasteiger partial charge in [-0.3, -0.25) is 4.79 Å². The van der Waals surface area contributed by atoms with E-state index in [4.69, 9.17) is 14.6 Å². The molecule has 0 radical (unpaired) electrons. The van der Waals surface area contributed by atoms with Crippen molar-refractivity contribution < 1.29 is 27.8 Å². The number of ether oxygens (including phenoxy) is 2. The van der Waals surface area contributed by atoms with E-state index in [-0.39, 0.29) is 6.42 Å². The molecule has 20 heavy (non-hydrogen) atoms. The van der Waals surface area contributed by atoms with E-state index >= 15 is 0 Å². The number of carboxylic acids is 1. The van der Waals surface area contributed by atoms with E-state index in [0.29, 0.717) is 17.1 Å². The van der Waals surface area contributed by atoms with Crippen LogP contribution in [0.4, 0.5) is 0 Å². The third kappa shape index (κ3) is 4.71. The van der Waals surface area contributed by atoms with E-state index < -0.39 is 22.0 Å². The lowest BCUT2D eigenvalue weighted by Crippen LogP contribution is -2.29. The smallest absolute Gasteiger partial charge is 0.305 e. The second-order valence-corrected chi connectivity index (χ2v) is 5.93. The molecule has 0 spiro atoms. The van der Waals surface area contributed by atoms with Gasteiger partial charge >= 0.3 is 5.97 Å². The van der Waals surface area contributed by atoms with Crippen LogP contribution < -0.4 is 14.2 Å². The summed E-state index contributed by atoms with van der Waals surface area (Å²) < 4.78 is 35.1. The van der Waals surface area contributed by atoms with Crippen LogP contribution in [0.5, 0.6) is 11.5 Å². The summed E-state index contributed by atoms with van der Waals surface area (Å²) in [5.74, 6) is -0.235. The average molecular weight is 303 g/mol. The highest BCUT2D eigenvalue weighted by atomic mass is 32.2. The minimum atomic E-state index is -3.54. The third-order valence-corrected chi connectivity index (χ3v) is 3.26. The van der Waals surface area contributed by atoms with Gasteiger partial charge in [-0.05, 0) is 17.7 Å². The molecule has 112 valence electrons. The highest BCUT2D eigenvalue weighted by Gasteiger charge is 2.20. The lowest BCUT2D eigenvalue weighted by molar-refractivity contribution is -0.137. The Morgan fingerprint density at radius 2 is 1.90 bits per heavy atom. The molecule has 0 saturated carbocycles. The van der Waals surface area contributed by atoms with Gasteiger partial charge in [0.2, 0.25) is 10.0 Å². The molecule has 0 aromatic heterocycles. The third-order valence-electron chi connectivity index (χ3n) is 2.55. The Morgan fingerprint density at radius 1 is 1.30 bits per heavy atom. The zero-order valence-corrected chi connectivity index (χ0v) is 12.2. The largest absolute Gasteiger partial charge is 0.493 e. The van der Waals surface area contributed by atoms with Crippen molar-refractivity contribution in [2.75, 3.05) is 20.5 Å². The first-order valence-electron chi connectivity index (χ1n) is 5.68. The molecule has 0 unspecified atom stereocenters. The van der Waals surface area contributed by atoms with Crippen LogP contribution >= 0.6 is 0 Å². The summed E-state index contributed by atoms with van der Waals surface area (Å²) in [5, 5.41) is 8.88. The lowest BCUT2D eigenvalue weighted by Gasteiger charge is -2.17. The molecule has 2 N–H and O–H groups in total. The lowest BCUT2D eigenvalue weighted by atomic mass is 10.0. The summed E-state index contributed by atoms with van der Waals surface area (Å²) >= 11 is 0. The fourth-order valence-electron chi connectivity index (χ4n) is 1.73. The van der Waals surface area contributed by atoms with Gasteiger partial charge < -0.3 is 14.6 Å². The monoisotopic (exact) mass is 303 g/mol. The minimum absolute atomic E-state index is 0.372. The van der Waals surface area contributed by atoms with Crippen LogP contribution in [0.15, 0.2) is 18.2 Å². The van der Waals surface area contributed by atoms with Crippen LogP contribution in [-0.2, 0) is 14.8 Å². The van der Waals surface area contributed by atoms with E-state index in [9.17, 15) is 13.2 Å². The highest BCUT2D eigenvalue weighted by molar-refractivity contribution is 7.88. The van der Waals surface area contributed by atoms with E-state index in [2.05, 4.69) is 4.72 Å². The summed E-state index contributed by atoms with van der Waals surface area (Å²) in [5.41, 5.74) is 0.482. The van der Waals surface area contributed by atoms with Crippen LogP contribution in [0.3, 0.4) is 0 Å². The number of nitrogens with one attached hydrogen (secondary N) is 1. The summed E-state index contributed by atoms with van der Waals surface area (Å²) in [4.78, 5) is 10.9. The number of aliphatic carboxylic acids is 1. The molecule has 0 aliphatic rings. The molecule has 1 aromatic carbocycles. The Labute approximate surface area is 117 Å². The Bertz CT molecular complexity index is 584. The molecule has 1 atom stereocenters. The van der Waals surface area contributed by atoms with Gasteiger partial charge in [0, 0.05) is 0 Å². The molecule has 0 saturated heterocycles. The Balaban J connectivity index is 3.16. The van der Waals surface area contributed by atoms with Crippen LogP contribution in [0.1, 0.15) is 18.0 Å². The predicted octanol–water partition coefficient (Wildman–Crippen LogP) is 0.769. The zero-order chi connectivity index (χ0) is 15.3. The van der Waals surface area contributed by atoms with Crippen molar-refractivity contribution in [3.63, 3.8) is 0 Å². The first kappa shape index (κ1) is 16.3. The molecular formula is C12H17NO6S. The van der Waals surface area contributed by atoms with E-state index in [1.165, 1.54) is 14.2 Å². The summed E-state index contributed by atoms with van der Waals surface area (Å²) in [6, 6.07) is 3.85. The molecule has 0 fully saturated rings. The first-order valence-corrected chi connectivity index (χ1v) is 7.57. The minimum Gasteiger partial charge on any atom is -0.493 e. The van der Waals surface area contributed by atoms with E-state index in [1.54, 1.807) is 18.2 Å². The number of benzene rings is 1. The van der Waals surface area contributed by atoms with Crippen molar-refractivity contribution >= 4 is 16.0 Å². The van der Waals surface area contributed by atoms with Crippen LogP contribution in [-0.4, -0.2) is 40.0 Å². The van der Waals surface area contributed by atoms with E-state index in [1.807, 2.05) is 0 Å². The molecule has 0 heterocycles. The molecule has 0 aliphatic carbocycles. The number of methoxy groups -OCH3 is 2. The normalized spacial score (nSPS) is 12.8. The van der Waals surface area contributed by atoms with Gasteiger partial charge in [0.15, 0.2) is 11.5 Å². The number of hydrogen-bond acceptors (Lipinski definition) is 5. The quantitative estimate of drug-likeness (QED) is 0.771. The average Bonchev–Trinajstić information content (AvgIpc) is 2.35. The predicted molar refractivity (Wildman–Crippen MR) is 72.5 cm³/mol. The maximum atomic E-state index is 11.3. The van der Waals surface area contributed by atoms with Crippen LogP contribution in [0.2, 0.25) is 0 Å². The second kappa shape index (κ2) is 6.58. The van der Waals surface area contributed by atoms with Crippen molar-refractivity contribution in [1.29, 1.82) is 0 Å². The molecule has 1 rings (SSSR count). The maximum Gasteiger partial charge on any atom is 0.305 e. The fourth-order valence-corrected chi connectivity index (χ4v) is 2.47. The molecule has 0 aliphatic heterocycles. The topological polar surface area (TPSA) is 102 Å². The molecular weight excluding hydrogens is 286 g/mol. The molecule has 1 aromatic rings. The first-order chi connectivity index (χ1) is 9.26. The van der Waals surface area contributed by atoms with Crippen molar-refractivity contribution in [2.45, 2.75) is 12.5 Å². The van der Waals surface area contributed by atoms with Gasteiger partial charge in [-0.2, -0.15) is 0 Å². The van der Waals surface area contributed by atoms with Crippen LogP contribution in [0.25, 0.3) is 0 Å². The SMILES string of the molecule is COc1ccc([C@H](CC(=O)O)NS(C)(=O)=O)cc1OC. The Kier molecular flexibility index (Phi) is 5.34. The highest BCUT2D eigenvalue weighted by Crippen LogP contribution is 2.31. The second-order valence-electron chi connectivity index (χ2n) is 4.15. The van der Waals surface area contributed by atoms with Gasteiger partial charge in [-0.1, -0.05) is 6.07 Å². The summed E-state index contributed by atoms with van der Waals surface area (Å²) in [6.07, 6.45) is 0.602. The number of carbonyl (C=O) groups is 1. The standard InChI is InChI=1S/C12H17NO6S/c1-18-10-5-4-8(6-11(10)19-2)9(7-12(14)15)13-20(3,16)17/h4-6,9,13H,7H2,1-3H3,(H,14,15)/t9-/m0/s1. The Morgan fingerprint density at radius 3 is 2.35 bits per heavy atom. The molecule has 0 bridgehead atoms. The number of hydrogen-bond donors (Lipinski definition) is 2. The van der Waals surface area contributed by atoms with Gasteiger partial charge in [-0.15, -0.1) is 0 Å². The van der Waals surface area contributed by atoms with Gasteiger partial charge in [0.25, 0.3) is 0 Å². The summed E-state index contributed by atoms with van der Waals surface area (Å²) in [7, 11) is -0.622. The number of carboxylic acid groups (broad SMARTS) is 1. The van der Waals surface area contributed by atoms with Crippen LogP contribution in [0, 0.1) is 0 Å². The summed E-state index contributed by atoms with van der Waals surface area (Å²) in [6.45, 7) is 0. The van der Waals surface area contributed by atoms with E-state index in [0.717, 1.165) is 6.26 Å². The van der Waals surface area contributed by atoms with Gasteiger partial charge in [0.1, 0.15) is 0 Å². The zero-order valence-electron chi connectivity index (χ0n) is 11.4. The van der Waals surface area contributed by atoms with Crippen molar-refractivity contribution in [3.05, 3.63) is 23.8 Å². The Hall–Kier alpha value is -1.80. The van der Waals surface area contributed by atoms with Crippen molar-refractivity contribution in [2.24, 2.45) is 0 Å². The number of sulfonamides is 1. The fraction of sp³-hybridized carbons (Fsp3) is 0.417. The molecule has 7 nitrogen and oxygen atoms in total. The van der Waals surface area contributed by atoms with Gasteiger partial charge in [-0.25, -0.2) is 13.1 Å². The van der Waals surface area contributed by atoms with Crippen molar-refractivity contribution in [3.8, 4) is 11.5 Å². The molecule has 0 amide bonds.